The number of nitrogens with zero attached hydrogens (tertiary/aromatic N) is 2. The third kappa shape index (κ3) is 4.51. The summed E-state index contributed by atoms with van der Waals surface area (Å²) in [5.41, 5.74) is 8.61. The number of hydrogen-bond donors (Lipinski definition) is 3. The van der Waals surface area contributed by atoms with Gasteiger partial charge in [0.25, 0.3) is 0 Å². The summed E-state index contributed by atoms with van der Waals surface area (Å²) in [6.07, 6.45) is 0. The number of H-pyrrole nitrogens is 1. The second kappa shape index (κ2) is 8.46. The van der Waals surface area contributed by atoms with Gasteiger partial charge in [-0.25, -0.2) is 4.99 Å². The standard InChI is InChI=1S/C19H20ClN5O2/c1-26-16-4-3-5-17(27-2)14(16)11-22-19(21)23-18-10-15(24-25-18)12-6-8-13(20)9-7-12/h3-10H,11H2,1-2H3,(H4,21,22,23,24,25). The maximum absolute atomic E-state index is 5.99. The van der Waals surface area contributed by atoms with Crippen molar-refractivity contribution in [3.8, 4) is 22.8 Å². The Kier molecular flexibility index (Phi) is 5.83. The van der Waals surface area contributed by atoms with Crippen molar-refractivity contribution >= 4 is 23.4 Å². The molecule has 0 radical (unpaired) electrons. The smallest absolute Gasteiger partial charge is 0.194 e. The van der Waals surface area contributed by atoms with Crippen LogP contribution < -0.4 is 20.5 Å². The fourth-order valence-corrected chi connectivity index (χ4v) is 2.71. The second-order valence-corrected chi connectivity index (χ2v) is 6.08. The largest absolute Gasteiger partial charge is 0.496 e. The number of halogens is 1. The molecule has 0 aliphatic heterocycles. The number of ether oxygens (including phenoxy) is 2. The molecule has 0 aliphatic carbocycles. The van der Waals surface area contributed by atoms with Gasteiger partial charge in [-0.3, -0.25) is 5.10 Å². The van der Waals surface area contributed by atoms with Crippen molar-refractivity contribution in [2.75, 3.05) is 19.5 Å². The predicted octanol–water partition coefficient (Wildman–Crippen LogP) is 3.67. The molecule has 8 heteroatoms. The number of benzene rings is 2. The van der Waals surface area contributed by atoms with E-state index in [-0.39, 0.29) is 5.96 Å². The number of anilines is 1. The van der Waals surface area contributed by atoms with E-state index in [9.17, 15) is 0 Å². The molecule has 1 aromatic heterocycles. The van der Waals surface area contributed by atoms with E-state index in [1.807, 2.05) is 48.5 Å². The van der Waals surface area contributed by atoms with Gasteiger partial charge < -0.3 is 20.5 Å². The highest BCUT2D eigenvalue weighted by Gasteiger charge is 2.10. The topological polar surface area (TPSA) is 97.5 Å². The molecule has 27 heavy (non-hydrogen) atoms. The molecular weight excluding hydrogens is 366 g/mol. The Morgan fingerprint density at radius 1 is 1.15 bits per heavy atom. The number of hydrogen-bond acceptors (Lipinski definition) is 4. The van der Waals surface area contributed by atoms with Crippen molar-refractivity contribution in [1.82, 2.24) is 10.2 Å². The first kappa shape index (κ1) is 18.6. The van der Waals surface area contributed by atoms with Gasteiger partial charge in [-0.1, -0.05) is 29.8 Å². The minimum Gasteiger partial charge on any atom is -0.496 e. The maximum atomic E-state index is 5.99. The van der Waals surface area contributed by atoms with Crippen LogP contribution in [0.5, 0.6) is 11.5 Å². The van der Waals surface area contributed by atoms with Gasteiger partial charge in [0.2, 0.25) is 0 Å². The Bertz CT molecular complexity index is 915. The summed E-state index contributed by atoms with van der Waals surface area (Å²) in [6.45, 7) is 0.306. The molecule has 3 rings (SSSR count). The number of aliphatic imine (C=N–C) groups is 1. The Balaban J connectivity index is 1.71. The molecule has 0 spiro atoms. The maximum Gasteiger partial charge on any atom is 0.194 e. The van der Waals surface area contributed by atoms with Gasteiger partial charge in [-0.05, 0) is 29.8 Å². The first-order chi connectivity index (χ1) is 13.1. The van der Waals surface area contributed by atoms with Crippen LogP contribution in [0.15, 0.2) is 53.5 Å². The summed E-state index contributed by atoms with van der Waals surface area (Å²) < 4.78 is 10.7. The number of methoxy groups -OCH3 is 2. The number of nitrogens with one attached hydrogen (secondary N) is 2. The highest BCUT2D eigenvalue weighted by molar-refractivity contribution is 6.30. The van der Waals surface area contributed by atoms with Crippen molar-refractivity contribution in [3.63, 3.8) is 0 Å². The quantitative estimate of drug-likeness (QED) is 0.444. The average molecular weight is 386 g/mol. The molecule has 3 aromatic rings. The summed E-state index contributed by atoms with van der Waals surface area (Å²) in [5, 5.41) is 10.8. The second-order valence-electron chi connectivity index (χ2n) is 5.64. The van der Waals surface area contributed by atoms with Crippen LogP contribution in [0.25, 0.3) is 11.3 Å². The lowest BCUT2D eigenvalue weighted by molar-refractivity contribution is 0.385. The minimum absolute atomic E-state index is 0.233. The van der Waals surface area contributed by atoms with Crippen LogP contribution in [0.2, 0.25) is 5.02 Å². The summed E-state index contributed by atoms with van der Waals surface area (Å²) in [5.74, 6) is 2.18. The average Bonchev–Trinajstić information content (AvgIpc) is 3.14. The molecule has 4 N–H and O–H groups in total. The molecule has 0 bridgehead atoms. The molecule has 2 aromatic carbocycles. The molecule has 0 atom stereocenters. The summed E-state index contributed by atoms with van der Waals surface area (Å²) >= 11 is 5.91. The van der Waals surface area contributed by atoms with E-state index in [0.29, 0.717) is 28.9 Å². The molecule has 1 heterocycles. The third-order valence-electron chi connectivity index (χ3n) is 3.93. The van der Waals surface area contributed by atoms with Gasteiger partial charge in [-0.2, -0.15) is 5.10 Å². The van der Waals surface area contributed by atoms with Crippen LogP contribution in [0.1, 0.15) is 5.56 Å². The van der Waals surface area contributed by atoms with E-state index in [0.717, 1.165) is 16.8 Å². The number of aromatic amines is 1. The molecular formula is C19H20ClN5O2. The van der Waals surface area contributed by atoms with Crippen molar-refractivity contribution in [2.45, 2.75) is 6.54 Å². The lowest BCUT2D eigenvalue weighted by Gasteiger charge is -2.11. The van der Waals surface area contributed by atoms with Gasteiger partial charge in [-0.15, -0.1) is 0 Å². The molecule has 0 saturated heterocycles. The lowest BCUT2D eigenvalue weighted by atomic mass is 10.1. The Morgan fingerprint density at radius 3 is 2.44 bits per heavy atom. The van der Waals surface area contributed by atoms with Gasteiger partial charge in [0.05, 0.1) is 32.0 Å². The van der Waals surface area contributed by atoms with Crippen LogP contribution in [0.3, 0.4) is 0 Å². The monoisotopic (exact) mass is 385 g/mol. The van der Waals surface area contributed by atoms with E-state index < -0.39 is 0 Å². The van der Waals surface area contributed by atoms with Gasteiger partial charge >= 0.3 is 0 Å². The van der Waals surface area contributed by atoms with Crippen molar-refractivity contribution in [2.24, 2.45) is 10.7 Å². The SMILES string of the molecule is COc1cccc(OC)c1CN=C(N)Nc1cc(-c2ccc(Cl)cc2)[nH]n1. The van der Waals surface area contributed by atoms with Gasteiger partial charge in [0, 0.05) is 11.1 Å². The molecule has 0 unspecified atom stereocenters. The van der Waals surface area contributed by atoms with Crippen LogP contribution in [-0.2, 0) is 6.54 Å². The zero-order valence-electron chi connectivity index (χ0n) is 15.0. The van der Waals surface area contributed by atoms with E-state index >= 15 is 0 Å². The zero-order chi connectivity index (χ0) is 19.2. The van der Waals surface area contributed by atoms with Crippen LogP contribution >= 0.6 is 11.6 Å². The van der Waals surface area contributed by atoms with Crippen LogP contribution in [0, 0.1) is 0 Å². The lowest BCUT2D eigenvalue weighted by Crippen LogP contribution is -2.22. The summed E-state index contributed by atoms with van der Waals surface area (Å²) in [4.78, 5) is 4.35. The number of guanidine groups is 1. The highest BCUT2D eigenvalue weighted by atomic mass is 35.5. The van der Waals surface area contributed by atoms with Crippen LogP contribution in [-0.4, -0.2) is 30.4 Å². The van der Waals surface area contributed by atoms with E-state index in [1.54, 1.807) is 14.2 Å². The van der Waals surface area contributed by atoms with Crippen molar-refractivity contribution < 1.29 is 9.47 Å². The zero-order valence-corrected chi connectivity index (χ0v) is 15.7. The number of aromatic nitrogens is 2. The molecule has 0 amide bonds. The number of rotatable bonds is 6. The van der Waals surface area contributed by atoms with E-state index in [4.69, 9.17) is 26.8 Å². The Morgan fingerprint density at radius 2 is 1.81 bits per heavy atom. The van der Waals surface area contributed by atoms with Gasteiger partial charge in [0.15, 0.2) is 11.8 Å². The molecule has 7 nitrogen and oxygen atoms in total. The first-order valence-electron chi connectivity index (χ1n) is 8.19. The summed E-state index contributed by atoms with van der Waals surface area (Å²) in [7, 11) is 3.21. The minimum atomic E-state index is 0.233. The van der Waals surface area contributed by atoms with Gasteiger partial charge in [0.1, 0.15) is 11.5 Å². The molecule has 0 fully saturated rings. The Hall–Kier alpha value is -3.19. The Labute approximate surface area is 162 Å². The fraction of sp³-hybridized carbons (Fsp3) is 0.158. The van der Waals surface area contributed by atoms with E-state index in [2.05, 4.69) is 20.5 Å². The number of nitrogens with two attached hydrogens (primary N) is 1. The predicted molar refractivity (Wildman–Crippen MR) is 108 cm³/mol. The molecule has 0 aliphatic rings. The van der Waals surface area contributed by atoms with E-state index in [1.165, 1.54) is 0 Å². The van der Waals surface area contributed by atoms with Crippen molar-refractivity contribution in [3.05, 3.63) is 59.1 Å². The van der Waals surface area contributed by atoms with Crippen LogP contribution in [0.4, 0.5) is 5.82 Å². The highest BCUT2D eigenvalue weighted by Crippen LogP contribution is 2.29. The first-order valence-corrected chi connectivity index (χ1v) is 8.56. The fourth-order valence-electron chi connectivity index (χ4n) is 2.58. The summed E-state index contributed by atoms with van der Waals surface area (Å²) in [6, 6.07) is 14.9. The van der Waals surface area contributed by atoms with Crippen molar-refractivity contribution in [1.29, 1.82) is 0 Å². The molecule has 140 valence electrons. The third-order valence-corrected chi connectivity index (χ3v) is 4.18. The molecule has 0 saturated carbocycles. The normalized spacial score (nSPS) is 11.3.